The molecule has 0 bridgehead atoms. The average Bonchev–Trinajstić information content (AvgIpc) is 2.40. The Balaban J connectivity index is 0.000000383. The first-order chi connectivity index (χ1) is 9.79. The number of methoxy groups -OCH3 is 1. The molecule has 0 aliphatic carbocycles. The summed E-state index contributed by atoms with van der Waals surface area (Å²) in [5.74, 6) is 0.916. The van der Waals surface area contributed by atoms with Crippen molar-refractivity contribution in [3.63, 3.8) is 0 Å². The maximum absolute atomic E-state index is 5.67. The summed E-state index contributed by atoms with van der Waals surface area (Å²) in [5.41, 5.74) is 1.33. The van der Waals surface area contributed by atoms with Gasteiger partial charge < -0.3 is 9.47 Å². The fourth-order valence-electron chi connectivity index (χ4n) is 1.96. The lowest BCUT2D eigenvalue weighted by molar-refractivity contribution is -0.00437. The number of hydrogen-bond acceptors (Lipinski definition) is 3. The van der Waals surface area contributed by atoms with E-state index in [1.807, 2.05) is 12.1 Å². The Kier molecular flexibility index (Phi) is 7.74. The first kappa shape index (κ1) is 18.5. The zero-order chi connectivity index (χ0) is 15.9. The van der Waals surface area contributed by atoms with Crippen LogP contribution in [0.25, 0.3) is 0 Å². The van der Waals surface area contributed by atoms with Gasteiger partial charge in [0.15, 0.2) is 0 Å². The van der Waals surface area contributed by atoms with Gasteiger partial charge in [-0.25, -0.2) is 0 Å². The summed E-state index contributed by atoms with van der Waals surface area (Å²) >= 11 is 5.67. The normalized spacial score (nSPS) is 19.6. The molecule has 1 aliphatic heterocycles. The number of benzene rings is 1. The highest BCUT2D eigenvalue weighted by Gasteiger charge is 2.18. The number of ether oxygens (including phenoxy) is 2. The van der Waals surface area contributed by atoms with Crippen LogP contribution in [-0.4, -0.2) is 45.2 Å². The van der Waals surface area contributed by atoms with E-state index in [4.69, 9.17) is 20.6 Å². The number of nitrogens with zero attached hydrogens (tertiary/aromatic N) is 1. The highest BCUT2D eigenvalue weighted by atomic mass is 35.6. The Morgan fingerprint density at radius 2 is 1.86 bits per heavy atom. The average molecular weight is 330 g/mol. The summed E-state index contributed by atoms with van der Waals surface area (Å²) in [6.45, 7) is 12.2. The molecule has 1 aromatic rings. The molecule has 0 aromatic heterocycles. The zero-order valence-corrected chi connectivity index (χ0v) is 15.6. The summed E-state index contributed by atoms with van der Waals surface area (Å²) in [6.07, 6.45) is 0. The van der Waals surface area contributed by atoms with Crippen molar-refractivity contribution in [1.29, 1.82) is 0 Å². The van der Waals surface area contributed by atoms with E-state index >= 15 is 0 Å². The molecule has 0 spiro atoms. The quantitative estimate of drug-likeness (QED) is 0.618. The summed E-state index contributed by atoms with van der Waals surface area (Å²) < 4.78 is 10.6. The second kappa shape index (κ2) is 8.78. The van der Waals surface area contributed by atoms with Crippen molar-refractivity contribution in [2.45, 2.75) is 39.2 Å². The van der Waals surface area contributed by atoms with Crippen LogP contribution in [0, 0.1) is 0 Å². The van der Waals surface area contributed by atoms with Crippen LogP contribution in [0.2, 0.25) is 19.6 Å². The molecule has 0 amide bonds. The van der Waals surface area contributed by atoms with Gasteiger partial charge in [0.1, 0.15) is 13.1 Å². The summed E-state index contributed by atoms with van der Waals surface area (Å²) in [4.78, 5) is 2.45. The van der Waals surface area contributed by atoms with Crippen LogP contribution >= 0.6 is 11.1 Å². The largest absolute Gasteiger partial charge is 0.497 e. The molecule has 3 nitrogen and oxygen atoms in total. The molecule has 1 heterocycles. The van der Waals surface area contributed by atoms with Crippen LogP contribution < -0.4 is 4.74 Å². The SMILES string of the molecule is COc1ccc(CN2CCOC[C@H]2C)cc1.C[Si](C)(C)Cl. The number of hydrogen-bond donors (Lipinski definition) is 0. The molecule has 5 heteroatoms. The van der Waals surface area contributed by atoms with Crippen LogP contribution in [-0.2, 0) is 11.3 Å². The van der Waals surface area contributed by atoms with E-state index in [9.17, 15) is 0 Å². The van der Waals surface area contributed by atoms with Gasteiger partial charge in [-0.3, -0.25) is 4.90 Å². The minimum absolute atomic E-state index is 0.510. The predicted molar refractivity (Wildman–Crippen MR) is 92.9 cm³/mol. The van der Waals surface area contributed by atoms with Crippen LogP contribution in [0.3, 0.4) is 0 Å². The van der Waals surface area contributed by atoms with E-state index in [0.717, 1.165) is 32.1 Å². The van der Waals surface area contributed by atoms with Crippen LogP contribution in [0.15, 0.2) is 24.3 Å². The van der Waals surface area contributed by atoms with Gasteiger partial charge in [0.2, 0.25) is 0 Å². The third-order valence-corrected chi connectivity index (χ3v) is 3.05. The summed E-state index contributed by atoms with van der Waals surface area (Å²) in [5, 5.41) is 0. The number of rotatable bonds is 3. The summed E-state index contributed by atoms with van der Waals surface area (Å²) in [6, 6.07) is 8.79. The molecule has 21 heavy (non-hydrogen) atoms. The standard InChI is InChI=1S/C13H19NO2.C3H9ClSi/c1-11-10-16-8-7-14(11)9-12-3-5-13(15-2)6-4-12;1-5(2,3)4/h3-6,11H,7-10H2,1-2H3;1-3H3/t11-;/m1./s1. The molecular formula is C16H28ClNO2Si. The van der Waals surface area contributed by atoms with Crippen molar-refractivity contribution in [3.05, 3.63) is 29.8 Å². The second-order valence-electron chi connectivity index (χ2n) is 6.31. The van der Waals surface area contributed by atoms with Gasteiger partial charge in [0.05, 0.1) is 20.3 Å². The first-order valence-electron chi connectivity index (χ1n) is 7.43. The van der Waals surface area contributed by atoms with Crippen molar-refractivity contribution < 1.29 is 9.47 Å². The van der Waals surface area contributed by atoms with Gasteiger partial charge in [-0.05, 0) is 24.6 Å². The maximum Gasteiger partial charge on any atom is 0.147 e. The Labute approximate surface area is 134 Å². The van der Waals surface area contributed by atoms with Crippen LogP contribution in [0.4, 0.5) is 0 Å². The smallest absolute Gasteiger partial charge is 0.147 e. The Hall–Kier alpha value is -0.553. The molecule has 2 rings (SSSR count). The number of halogens is 1. The first-order valence-corrected chi connectivity index (χ1v) is 11.9. The van der Waals surface area contributed by atoms with Crippen molar-refractivity contribution >= 4 is 18.5 Å². The van der Waals surface area contributed by atoms with Crippen molar-refractivity contribution in [2.24, 2.45) is 0 Å². The molecule has 0 N–H and O–H groups in total. The van der Waals surface area contributed by atoms with Crippen molar-refractivity contribution in [2.75, 3.05) is 26.9 Å². The predicted octanol–water partition coefficient (Wildman–Crippen LogP) is 3.98. The molecular weight excluding hydrogens is 302 g/mol. The molecule has 1 aromatic carbocycles. The monoisotopic (exact) mass is 329 g/mol. The van der Waals surface area contributed by atoms with E-state index in [1.54, 1.807) is 7.11 Å². The van der Waals surface area contributed by atoms with Gasteiger partial charge in [-0.2, -0.15) is 11.1 Å². The molecule has 0 saturated carbocycles. The van der Waals surface area contributed by atoms with Crippen molar-refractivity contribution in [1.82, 2.24) is 4.90 Å². The van der Waals surface area contributed by atoms with E-state index < -0.39 is 7.38 Å². The van der Waals surface area contributed by atoms with E-state index in [0.29, 0.717) is 6.04 Å². The lowest BCUT2D eigenvalue weighted by Gasteiger charge is -2.33. The highest BCUT2D eigenvalue weighted by molar-refractivity contribution is 7.18. The van der Waals surface area contributed by atoms with Crippen molar-refractivity contribution in [3.8, 4) is 5.75 Å². The van der Waals surface area contributed by atoms with E-state index in [-0.39, 0.29) is 0 Å². The van der Waals surface area contributed by atoms with Gasteiger partial charge in [-0.1, -0.05) is 31.8 Å². The molecule has 1 aliphatic rings. The lowest BCUT2D eigenvalue weighted by Crippen LogP contribution is -2.42. The molecule has 1 saturated heterocycles. The Bertz CT molecular complexity index is 400. The minimum Gasteiger partial charge on any atom is -0.497 e. The third-order valence-electron chi connectivity index (χ3n) is 3.05. The maximum atomic E-state index is 5.67. The highest BCUT2D eigenvalue weighted by Crippen LogP contribution is 2.15. The lowest BCUT2D eigenvalue weighted by atomic mass is 10.1. The topological polar surface area (TPSA) is 21.7 Å². The fourth-order valence-corrected chi connectivity index (χ4v) is 1.96. The van der Waals surface area contributed by atoms with Crippen LogP contribution in [0.5, 0.6) is 5.75 Å². The van der Waals surface area contributed by atoms with Gasteiger partial charge in [0.25, 0.3) is 0 Å². The van der Waals surface area contributed by atoms with Gasteiger partial charge in [0, 0.05) is 19.1 Å². The van der Waals surface area contributed by atoms with E-state index in [2.05, 4.69) is 43.6 Å². The molecule has 0 unspecified atom stereocenters. The Morgan fingerprint density at radius 1 is 1.29 bits per heavy atom. The molecule has 120 valence electrons. The Morgan fingerprint density at radius 3 is 2.33 bits per heavy atom. The van der Waals surface area contributed by atoms with Gasteiger partial charge >= 0.3 is 0 Å². The summed E-state index contributed by atoms with van der Waals surface area (Å²) in [7, 11) is 0.555. The third kappa shape index (κ3) is 8.46. The molecule has 1 fully saturated rings. The zero-order valence-electron chi connectivity index (χ0n) is 13.9. The number of morpholine rings is 1. The molecule has 0 radical (unpaired) electrons. The second-order valence-corrected chi connectivity index (χ2v) is 13.8. The van der Waals surface area contributed by atoms with Crippen LogP contribution in [0.1, 0.15) is 12.5 Å². The fraction of sp³-hybridized carbons (Fsp3) is 0.625. The van der Waals surface area contributed by atoms with Gasteiger partial charge in [-0.15, -0.1) is 0 Å². The molecule has 1 atom stereocenters. The minimum atomic E-state index is -1.14. The van der Waals surface area contributed by atoms with E-state index in [1.165, 1.54) is 5.56 Å².